The predicted molar refractivity (Wildman–Crippen MR) is 203 cm³/mol. The quantitative estimate of drug-likeness (QED) is 0.196. The second-order valence-electron chi connectivity index (χ2n) is 12.4. The van der Waals surface area contributed by atoms with E-state index in [1.807, 2.05) is 18.2 Å². The Labute approximate surface area is 282 Å². The first-order chi connectivity index (χ1) is 24.3. The fraction of sp³-hybridized carbons (Fsp3) is 0. The molecule has 0 aliphatic carbocycles. The molecule has 0 bridgehead atoms. The van der Waals surface area contributed by atoms with Gasteiger partial charge in [0.1, 0.15) is 0 Å². The third kappa shape index (κ3) is 4.42. The smallest absolute Gasteiger partial charge is 0.164 e. The molecule has 4 heteroatoms. The van der Waals surface area contributed by atoms with E-state index in [4.69, 9.17) is 15.0 Å². The zero-order valence-electron chi connectivity index (χ0n) is 26.5. The van der Waals surface area contributed by atoms with Gasteiger partial charge >= 0.3 is 0 Å². The van der Waals surface area contributed by atoms with Crippen LogP contribution in [0, 0.1) is 0 Å². The minimum Gasteiger partial charge on any atom is -0.308 e. The van der Waals surface area contributed by atoms with E-state index < -0.39 is 0 Å². The zero-order valence-corrected chi connectivity index (χ0v) is 26.5. The molecule has 0 radical (unpaired) electrons. The summed E-state index contributed by atoms with van der Waals surface area (Å²) in [7, 11) is 0. The van der Waals surface area contributed by atoms with E-state index in [0.29, 0.717) is 17.5 Å². The molecule has 0 fully saturated rings. The van der Waals surface area contributed by atoms with Gasteiger partial charge in [-0.05, 0) is 45.8 Å². The summed E-state index contributed by atoms with van der Waals surface area (Å²) < 4.78 is 2.43. The van der Waals surface area contributed by atoms with Gasteiger partial charge in [-0.3, -0.25) is 0 Å². The minimum absolute atomic E-state index is 0.646. The van der Waals surface area contributed by atoms with Crippen LogP contribution in [0.4, 0.5) is 0 Å². The topological polar surface area (TPSA) is 43.6 Å². The van der Waals surface area contributed by atoms with Crippen LogP contribution in [0.5, 0.6) is 0 Å². The first-order valence-electron chi connectivity index (χ1n) is 16.5. The maximum Gasteiger partial charge on any atom is 0.164 e. The summed E-state index contributed by atoms with van der Waals surface area (Å²) >= 11 is 0. The standard InChI is InChI=1S/C45H28N4/c1-2-14-31(15-3-1)43-46-44(33-23-22-29-12-4-5-16-32(29)28-33)48-45(47-43)39-26-27-41(36-19-9-8-18-35(36)39)49-40-21-11-10-20-37(40)38-25-24-30-13-6-7-17-34(30)42(38)49/h1-28H. The van der Waals surface area contributed by atoms with Crippen LogP contribution >= 0.6 is 0 Å². The maximum absolute atomic E-state index is 5.16. The van der Waals surface area contributed by atoms with Crippen LogP contribution in [0.1, 0.15) is 0 Å². The SMILES string of the molecule is c1ccc(-c2nc(-c3ccc4ccccc4c3)nc(-c3ccc(-n4c5ccccc5c5ccc6ccccc6c54)c4ccccc34)n2)cc1. The van der Waals surface area contributed by atoms with Crippen LogP contribution in [-0.4, -0.2) is 19.5 Å². The van der Waals surface area contributed by atoms with Crippen molar-refractivity contribution >= 4 is 54.1 Å². The average molecular weight is 625 g/mol. The number of para-hydroxylation sites is 1. The maximum atomic E-state index is 5.16. The Morgan fingerprint density at radius 3 is 1.80 bits per heavy atom. The van der Waals surface area contributed by atoms with Gasteiger partial charge in [-0.1, -0.05) is 146 Å². The molecule has 49 heavy (non-hydrogen) atoms. The lowest BCUT2D eigenvalue weighted by molar-refractivity contribution is 1.08. The Balaban J connectivity index is 1.24. The van der Waals surface area contributed by atoms with Gasteiger partial charge in [0.2, 0.25) is 0 Å². The van der Waals surface area contributed by atoms with Crippen molar-refractivity contribution in [1.29, 1.82) is 0 Å². The molecule has 228 valence electrons. The van der Waals surface area contributed by atoms with Crippen molar-refractivity contribution in [3.05, 3.63) is 170 Å². The Morgan fingerprint density at radius 2 is 0.959 bits per heavy atom. The summed E-state index contributed by atoms with van der Waals surface area (Å²) in [5, 5.41) is 9.48. The molecule has 0 unspecified atom stereocenters. The number of benzene rings is 8. The third-order valence-electron chi connectivity index (χ3n) is 9.62. The second-order valence-corrected chi connectivity index (χ2v) is 12.4. The number of fused-ring (bicyclic) bond motifs is 7. The summed E-state index contributed by atoms with van der Waals surface area (Å²) in [4.78, 5) is 15.3. The molecule has 10 aromatic rings. The highest BCUT2D eigenvalue weighted by molar-refractivity contribution is 6.19. The van der Waals surface area contributed by atoms with Gasteiger partial charge in [-0.2, -0.15) is 0 Å². The fourth-order valence-electron chi connectivity index (χ4n) is 7.32. The molecule has 0 saturated heterocycles. The van der Waals surface area contributed by atoms with Gasteiger partial charge in [0.05, 0.1) is 16.7 Å². The Hall–Kier alpha value is -6.65. The van der Waals surface area contributed by atoms with E-state index >= 15 is 0 Å². The number of nitrogens with zero attached hydrogens (tertiary/aromatic N) is 4. The van der Waals surface area contributed by atoms with Crippen molar-refractivity contribution < 1.29 is 0 Å². The number of aromatic nitrogens is 4. The third-order valence-corrected chi connectivity index (χ3v) is 9.62. The van der Waals surface area contributed by atoms with Gasteiger partial charge in [0.15, 0.2) is 17.5 Å². The molecule has 2 heterocycles. The molecule has 0 saturated carbocycles. The van der Waals surface area contributed by atoms with Crippen molar-refractivity contribution in [2.24, 2.45) is 0 Å². The molecule has 0 atom stereocenters. The molecule has 0 spiro atoms. The minimum atomic E-state index is 0.646. The lowest BCUT2D eigenvalue weighted by Crippen LogP contribution is -2.02. The molecule has 0 aliphatic rings. The molecule has 0 amide bonds. The second kappa shape index (κ2) is 11.0. The molecular weight excluding hydrogens is 597 g/mol. The largest absolute Gasteiger partial charge is 0.308 e. The summed E-state index contributed by atoms with van der Waals surface area (Å²) in [5.74, 6) is 1.94. The van der Waals surface area contributed by atoms with Crippen LogP contribution in [0.3, 0.4) is 0 Å². The van der Waals surface area contributed by atoms with Crippen molar-refractivity contribution in [3.8, 4) is 39.9 Å². The van der Waals surface area contributed by atoms with Gasteiger partial charge < -0.3 is 4.57 Å². The van der Waals surface area contributed by atoms with Crippen molar-refractivity contribution in [2.75, 3.05) is 0 Å². The molecule has 2 aromatic heterocycles. The van der Waals surface area contributed by atoms with E-state index in [2.05, 4.69) is 156 Å². The summed E-state index contributed by atoms with van der Waals surface area (Å²) in [5.41, 5.74) is 6.38. The van der Waals surface area contributed by atoms with E-state index in [9.17, 15) is 0 Å². The number of hydrogen-bond acceptors (Lipinski definition) is 3. The Kier molecular flexibility index (Phi) is 6.15. The lowest BCUT2D eigenvalue weighted by Gasteiger charge is -2.16. The van der Waals surface area contributed by atoms with Crippen molar-refractivity contribution in [3.63, 3.8) is 0 Å². The Bertz CT molecular complexity index is 2890. The normalized spacial score (nSPS) is 11.7. The molecule has 10 rings (SSSR count). The van der Waals surface area contributed by atoms with Crippen LogP contribution in [0.15, 0.2) is 170 Å². The summed E-state index contributed by atoms with van der Waals surface area (Å²) in [6, 6.07) is 59.8. The van der Waals surface area contributed by atoms with E-state index in [-0.39, 0.29) is 0 Å². The van der Waals surface area contributed by atoms with Crippen molar-refractivity contribution in [2.45, 2.75) is 0 Å². The molecular formula is C45H28N4. The molecule has 8 aromatic carbocycles. The average Bonchev–Trinajstić information content (AvgIpc) is 3.52. The van der Waals surface area contributed by atoms with Gasteiger partial charge in [-0.25, -0.2) is 15.0 Å². The van der Waals surface area contributed by atoms with E-state index in [1.54, 1.807) is 0 Å². The van der Waals surface area contributed by atoms with E-state index in [1.165, 1.54) is 38.0 Å². The van der Waals surface area contributed by atoms with E-state index in [0.717, 1.165) is 38.5 Å². The number of rotatable bonds is 4. The first kappa shape index (κ1) is 27.5. The van der Waals surface area contributed by atoms with Gasteiger partial charge in [-0.15, -0.1) is 0 Å². The van der Waals surface area contributed by atoms with Gasteiger partial charge in [0, 0.05) is 38.2 Å². The van der Waals surface area contributed by atoms with Crippen LogP contribution in [-0.2, 0) is 0 Å². The fourth-order valence-corrected chi connectivity index (χ4v) is 7.32. The van der Waals surface area contributed by atoms with Crippen LogP contribution in [0.2, 0.25) is 0 Å². The zero-order chi connectivity index (χ0) is 32.3. The predicted octanol–water partition coefficient (Wildman–Crippen LogP) is 11.4. The summed E-state index contributed by atoms with van der Waals surface area (Å²) in [6.07, 6.45) is 0. The van der Waals surface area contributed by atoms with Crippen LogP contribution in [0.25, 0.3) is 94.0 Å². The van der Waals surface area contributed by atoms with Crippen LogP contribution < -0.4 is 0 Å². The van der Waals surface area contributed by atoms with Gasteiger partial charge in [0.25, 0.3) is 0 Å². The molecule has 0 aliphatic heterocycles. The summed E-state index contributed by atoms with van der Waals surface area (Å²) in [6.45, 7) is 0. The number of hydrogen-bond donors (Lipinski definition) is 0. The highest BCUT2D eigenvalue weighted by Crippen LogP contribution is 2.40. The molecule has 0 N–H and O–H groups in total. The monoisotopic (exact) mass is 624 g/mol. The first-order valence-corrected chi connectivity index (χ1v) is 16.5. The molecule has 4 nitrogen and oxygen atoms in total. The highest BCUT2D eigenvalue weighted by atomic mass is 15.0. The highest BCUT2D eigenvalue weighted by Gasteiger charge is 2.19. The Morgan fingerprint density at radius 1 is 0.347 bits per heavy atom. The lowest BCUT2D eigenvalue weighted by atomic mass is 10.0. The van der Waals surface area contributed by atoms with Crippen molar-refractivity contribution in [1.82, 2.24) is 19.5 Å².